The lowest BCUT2D eigenvalue weighted by molar-refractivity contribution is -0.143. The summed E-state index contributed by atoms with van der Waals surface area (Å²) in [5, 5.41) is 12.9. The first-order valence-corrected chi connectivity index (χ1v) is 6.89. The molecule has 5 heteroatoms. The SMILES string of the molecule is COC(=O)[C@@H]1c2ccccc2C(=O)N[C@H]1c1ccccc1O. The zero-order chi connectivity index (χ0) is 15.7. The van der Waals surface area contributed by atoms with Crippen molar-refractivity contribution in [3.63, 3.8) is 0 Å². The molecule has 0 radical (unpaired) electrons. The second-order valence-corrected chi connectivity index (χ2v) is 5.10. The lowest BCUT2D eigenvalue weighted by atomic mass is 9.81. The summed E-state index contributed by atoms with van der Waals surface area (Å²) in [5.41, 5.74) is 1.54. The van der Waals surface area contributed by atoms with Crippen molar-refractivity contribution in [2.45, 2.75) is 12.0 Å². The van der Waals surface area contributed by atoms with E-state index in [1.165, 1.54) is 13.2 Å². The number of benzene rings is 2. The molecule has 1 heterocycles. The van der Waals surface area contributed by atoms with E-state index in [1.807, 2.05) is 0 Å². The van der Waals surface area contributed by atoms with Gasteiger partial charge in [-0.3, -0.25) is 9.59 Å². The number of phenolic OH excluding ortho intramolecular Hbond substituents is 1. The topological polar surface area (TPSA) is 75.6 Å². The molecule has 0 spiro atoms. The molecule has 1 aliphatic heterocycles. The van der Waals surface area contributed by atoms with Crippen LogP contribution in [0.2, 0.25) is 0 Å². The molecule has 1 amide bonds. The average Bonchev–Trinajstić information content (AvgIpc) is 2.54. The van der Waals surface area contributed by atoms with Gasteiger partial charge in [0.15, 0.2) is 0 Å². The molecule has 0 saturated heterocycles. The first-order valence-electron chi connectivity index (χ1n) is 6.89. The van der Waals surface area contributed by atoms with Crippen molar-refractivity contribution in [2.75, 3.05) is 7.11 Å². The molecule has 0 saturated carbocycles. The van der Waals surface area contributed by atoms with Crippen LogP contribution in [-0.4, -0.2) is 24.1 Å². The maximum Gasteiger partial charge on any atom is 0.315 e. The maximum atomic E-state index is 12.3. The minimum absolute atomic E-state index is 0.0288. The lowest BCUT2D eigenvalue weighted by Crippen LogP contribution is -2.41. The number of fused-ring (bicyclic) bond motifs is 1. The molecule has 0 bridgehead atoms. The third-order valence-corrected chi connectivity index (χ3v) is 3.89. The summed E-state index contributed by atoms with van der Waals surface area (Å²) in [7, 11) is 1.31. The monoisotopic (exact) mass is 297 g/mol. The summed E-state index contributed by atoms with van der Waals surface area (Å²) in [6.07, 6.45) is 0. The van der Waals surface area contributed by atoms with Gasteiger partial charge in [0.05, 0.1) is 13.2 Å². The number of carbonyl (C=O) groups excluding carboxylic acids is 2. The van der Waals surface area contributed by atoms with Crippen LogP contribution in [0.15, 0.2) is 48.5 Å². The van der Waals surface area contributed by atoms with E-state index in [1.54, 1.807) is 42.5 Å². The molecule has 2 aromatic carbocycles. The van der Waals surface area contributed by atoms with Gasteiger partial charge in [-0.25, -0.2) is 0 Å². The van der Waals surface area contributed by atoms with E-state index in [0.29, 0.717) is 16.7 Å². The highest BCUT2D eigenvalue weighted by atomic mass is 16.5. The van der Waals surface area contributed by atoms with Crippen LogP contribution in [0.4, 0.5) is 0 Å². The predicted octanol–water partition coefficient (Wildman–Crippen LogP) is 2.13. The van der Waals surface area contributed by atoms with Crippen LogP contribution in [0.25, 0.3) is 0 Å². The number of ether oxygens (including phenoxy) is 1. The molecule has 5 nitrogen and oxygen atoms in total. The number of nitrogens with one attached hydrogen (secondary N) is 1. The second-order valence-electron chi connectivity index (χ2n) is 5.10. The Morgan fingerprint density at radius 1 is 1.09 bits per heavy atom. The molecular formula is C17H15NO4. The highest BCUT2D eigenvalue weighted by Gasteiger charge is 2.40. The number of amides is 1. The van der Waals surface area contributed by atoms with Crippen molar-refractivity contribution in [3.8, 4) is 5.75 Å². The summed E-state index contributed by atoms with van der Waals surface area (Å²) < 4.78 is 4.90. The number of para-hydroxylation sites is 1. The van der Waals surface area contributed by atoms with Crippen molar-refractivity contribution in [1.29, 1.82) is 0 Å². The lowest BCUT2D eigenvalue weighted by Gasteiger charge is -2.32. The first kappa shape index (κ1) is 14.1. The first-order chi connectivity index (χ1) is 10.6. The molecule has 2 atom stereocenters. The zero-order valence-electron chi connectivity index (χ0n) is 11.9. The molecule has 3 rings (SSSR count). The molecule has 0 aromatic heterocycles. The molecule has 2 aromatic rings. The summed E-state index contributed by atoms with van der Waals surface area (Å²) in [6, 6.07) is 12.9. The van der Waals surface area contributed by atoms with Gasteiger partial charge in [-0.05, 0) is 17.7 Å². The maximum absolute atomic E-state index is 12.3. The third kappa shape index (κ3) is 2.20. The molecule has 112 valence electrons. The highest BCUT2D eigenvalue weighted by molar-refractivity contribution is 6.00. The van der Waals surface area contributed by atoms with E-state index >= 15 is 0 Å². The Kier molecular flexibility index (Phi) is 3.55. The number of methoxy groups -OCH3 is 1. The standard InChI is InChI=1S/C17H15NO4/c1-22-17(21)14-10-6-2-3-7-11(10)16(20)18-15(14)12-8-4-5-9-13(12)19/h2-9,14-15,19H,1H3,(H,18,20)/t14-,15+/m1/s1. The van der Waals surface area contributed by atoms with Crippen LogP contribution in [0.1, 0.15) is 33.4 Å². The van der Waals surface area contributed by atoms with Crippen LogP contribution < -0.4 is 5.32 Å². The minimum Gasteiger partial charge on any atom is -0.508 e. The van der Waals surface area contributed by atoms with E-state index < -0.39 is 17.9 Å². The van der Waals surface area contributed by atoms with Crippen molar-refractivity contribution in [1.82, 2.24) is 5.32 Å². The van der Waals surface area contributed by atoms with E-state index in [9.17, 15) is 14.7 Å². The average molecular weight is 297 g/mol. The summed E-state index contributed by atoms with van der Waals surface area (Å²) >= 11 is 0. The van der Waals surface area contributed by atoms with Gasteiger partial charge in [-0.1, -0.05) is 36.4 Å². The molecule has 22 heavy (non-hydrogen) atoms. The van der Waals surface area contributed by atoms with E-state index in [2.05, 4.69) is 5.32 Å². The largest absolute Gasteiger partial charge is 0.508 e. The van der Waals surface area contributed by atoms with Gasteiger partial charge in [0.1, 0.15) is 11.7 Å². The quantitative estimate of drug-likeness (QED) is 0.833. The second kappa shape index (κ2) is 5.52. The Bertz CT molecular complexity index is 741. The van der Waals surface area contributed by atoms with Crippen LogP contribution in [-0.2, 0) is 9.53 Å². The van der Waals surface area contributed by atoms with Crippen LogP contribution >= 0.6 is 0 Å². The van der Waals surface area contributed by atoms with Gasteiger partial charge < -0.3 is 15.2 Å². The number of aromatic hydroxyl groups is 1. The number of hydrogen-bond donors (Lipinski definition) is 2. The Morgan fingerprint density at radius 3 is 2.41 bits per heavy atom. The fourth-order valence-electron chi connectivity index (χ4n) is 2.85. The van der Waals surface area contributed by atoms with Crippen molar-refractivity contribution in [3.05, 3.63) is 65.2 Å². The van der Waals surface area contributed by atoms with Gasteiger partial charge in [0.25, 0.3) is 5.91 Å². The smallest absolute Gasteiger partial charge is 0.315 e. The highest BCUT2D eigenvalue weighted by Crippen LogP contribution is 2.40. The van der Waals surface area contributed by atoms with Gasteiger partial charge in [0, 0.05) is 11.1 Å². The number of esters is 1. The predicted molar refractivity (Wildman–Crippen MR) is 79.5 cm³/mol. The van der Waals surface area contributed by atoms with Crippen molar-refractivity contribution >= 4 is 11.9 Å². The molecule has 0 fully saturated rings. The Hall–Kier alpha value is -2.82. The fraction of sp³-hybridized carbons (Fsp3) is 0.176. The molecular weight excluding hydrogens is 282 g/mol. The van der Waals surface area contributed by atoms with Crippen LogP contribution in [0.5, 0.6) is 5.75 Å². The molecule has 1 aliphatic rings. The normalized spacial score (nSPS) is 20.0. The number of rotatable bonds is 2. The van der Waals surface area contributed by atoms with E-state index in [0.717, 1.165) is 0 Å². The summed E-state index contributed by atoms with van der Waals surface area (Å²) in [6.45, 7) is 0. The van der Waals surface area contributed by atoms with Gasteiger partial charge in [-0.15, -0.1) is 0 Å². The molecule has 0 unspecified atom stereocenters. The van der Waals surface area contributed by atoms with E-state index in [-0.39, 0.29) is 11.7 Å². The van der Waals surface area contributed by atoms with Crippen molar-refractivity contribution < 1.29 is 19.4 Å². The van der Waals surface area contributed by atoms with E-state index in [4.69, 9.17) is 4.74 Å². The fourth-order valence-corrected chi connectivity index (χ4v) is 2.85. The van der Waals surface area contributed by atoms with Gasteiger partial charge >= 0.3 is 5.97 Å². The Labute approximate surface area is 127 Å². The Morgan fingerprint density at radius 2 is 1.73 bits per heavy atom. The minimum atomic E-state index is -0.702. The molecule has 0 aliphatic carbocycles. The Balaban J connectivity index is 2.17. The van der Waals surface area contributed by atoms with Crippen LogP contribution in [0.3, 0.4) is 0 Å². The van der Waals surface area contributed by atoms with Crippen molar-refractivity contribution in [2.24, 2.45) is 0 Å². The number of carbonyl (C=O) groups is 2. The number of phenols is 1. The van der Waals surface area contributed by atoms with Gasteiger partial charge in [0.2, 0.25) is 0 Å². The number of hydrogen-bond acceptors (Lipinski definition) is 4. The third-order valence-electron chi connectivity index (χ3n) is 3.89. The zero-order valence-corrected chi connectivity index (χ0v) is 11.9. The molecule has 2 N–H and O–H groups in total. The summed E-state index contributed by atoms with van der Waals surface area (Å²) in [5.74, 6) is -1.40. The van der Waals surface area contributed by atoms with Gasteiger partial charge in [-0.2, -0.15) is 0 Å². The summed E-state index contributed by atoms with van der Waals surface area (Å²) in [4.78, 5) is 24.6. The van der Waals surface area contributed by atoms with Crippen LogP contribution in [0, 0.1) is 0 Å².